The molecule has 3 aliphatic heterocycles. The maximum atomic E-state index is 13.7. The summed E-state index contributed by atoms with van der Waals surface area (Å²) in [7, 11) is 0. The number of benzene rings is 3. The molecule has 12 nitrogen and oxygen atoms in total. The third-order valence-electron chi connectivity index (χ3n) is 15.6. The second-order valence-corrected chi connectivity index (χ2v) is 24.0. The lowest BCUT2D eigenvalue weighted by Crippen LogP contribution is -2.46. The van der Waals surface area contributed by atoms with Crippen LogP contribution in [0.4, 0.5) is 51.1 Å². The number of nitrogens with zero attached hydrogens (tertiary/aromatic N) is 3. The van der Waals surface area contributed by atoms with E-state index in [0.717, 1.165) is 0 Å². The SMILES string of the molecule is CC1(C)CC(=O)C2=C(C1)N=C(N)/C(=C(\N)C(F)(F)F)C2(C)c1ccccc1.CC1(C)CC(=O)C2=C(C1)Nc1n[nH]c(C(F)(F)F)c1C2(C)c1ccccc1.CC1C2=C(CC(C)(C)CC2=O)Nc2n[nH]c(C(F)(F)F)c21.c1ccccc1. The zero-order valence-electron chi connectivity index (χ0n) is 46.2. The van der Waals surface area contributed by atoms with E-state index < -0.39 is 52.4 Å². The van der Waals surface area contributed by atoms with Crippen molar-refractivity contribution < 1.29 is 53.9 Å². The van der Waals surface area contributed by atoms with Gasteiger partial charge in [0.1, 0.15) is 22.9 Å². The lowest BCUT2D eigenvalue weighted by atomic mass is 9.61. The molecule has 0 amide bonds. The molecule has 430 valence electrons. The highest BCUT2D eigenvalue weighted by molar-refractivity contribution is 6.10. The van der Waals surface area contributed by atoms with Crippen molar-refractivity contribution in [2.24, 2.45) is 32.7 Å². The summed E-state index contributed by atoms with van der Waals surface area (Å²) >= 11 is 0. The molecule has 0 bridgehead atoms. The van der Waals surface area contributed by atoms with E-state index in [1.54, 1.807) is 81.4 Å². The molecule has 5 aromatic rings. The van der Waals surface area contributed by atoms with Gasteiger partial charge in [-0.25, -0.2) is 4.99 Å². The quantitative estimate of drug-likeness (QED) is 0.0932. The predicted molar refractivity (Wildman–Crippen MR) is 290 cm³/mol. The molecule has 81 heavy (non-hydrogen) atoms. The lowest BCUT2D eigenvalue weighted by Gasteiger charge is -2.43. The largest absolute Gasteiger partial charge is 0.433 e. The van der Waals surface area contributed by atoms with E-state index >= 15 is 0 Å². The van der Waals surface area contributed by atoms with Crippen molar-refractivity contribution in [3.63, 3.8) is 0 Å². The number of hydrogen-bond donors (Lipinski definition) is 6. The lowest BCUT2D eigenvalue weighted by molar-refractivity contribution is -0.142. The van der Waals surface area contributed by atoms with Crippen molar-refractivity contribution in [2.45, 2.75) is 136 Å². The van der Waals surface area contributed by atoms with E-state index in [-0.39, 0.29) is 79.8 Å². The van der Waals surface area contributed by atoms with Crippen LogP contribution in [-0.4, -0.2) is 49.8 Å². The summed E-state index contributed by atoms with van der Waals surface area (Å²) in [6.07, 6.45) is -11.4. The maximum absolute atomic E-state index is 13.7. The normalized spacial score (nSPS) is 24.1. The third-order valence-corrected chi connectivity index (χ3v) is 15.6. The van der Waals surface area contributed by atoms with E-state index in [2.05, 4.69) is 36.0 Å². The van der Waals surface area contributed by atoms with E-state index in [1.165, 1.54) is 0 Å². The summed E-state index contributed by atoms with van der Waals surface area (Å²) in [5, 5.41) is 17.8. The van der Waals surface area contributed by atoms with Gasteiger partial charge in [0.2, 0.25) is 0 Å². The van der Waals surface area contributed by atoms with E-state index in [0.29, 0.717) is 71.5 Å². The molecule has 3 aromatic carbocycles. The molecule has 0 saturated heterocycles. The van der Waals surface area contributed by atoms with Gasteiger partial charge in [0.05, 0.1) is 16.5 Å². The number of hydrogen-bond acceptors (Lipinski definition) is 10. The molecular weight excluding hydrogens is 1070 g/mol. The van der Waals surface area contributed by atoms with Crippen LogP contribution < -0.4 is 22.1 Å². The average Bonchev–Trinajstić information content (AvgIpc) is 4.09. The smallest absolute Gasteiger partial charge is 0.394 e. The van der Waals surface area contributed by atoms with Gasteiger partial charge in [-0.3, -0.25) is 24.6 Å². The first-order valence-electron chi connectivity index (χ1n) is 26.2. The van der Waals surface area contributed by atoms with Crippen LogP contribution in [0, 0.1) is 16.2 Å². The second kappa shape index (κ2) is 21.0. The van der Waals surface area contributed by atoms with Crippen molar-refractivity contribution >= 4 is 34.8 Å². The first-order chi connectivity index (χ1) is 37.5. The Morgan fingerprint density at radius 2 is 0.963 bits per heavy atom. The molecule has 6 aliphatic rings. The number of nitrogens with one attached hydrogen (secondary N) is 4. The highest BCUT2D eigenvalue weighted by atomic mass is 19.4. The van der Waals surface area contributed by atoms with Gasteiger partial charge >= 0.3 is 18.5 Å². The number of aliphatic imine (C=N–C) groups is 1. The number of H-pyrrole nitrogens is 2. The molecule has 0 fully saturated rings. The number of alkyl halides is 9. The molecule has 0 saturated carbocycles. The van der Waals surface area contributed by atoms with Crippen LogP contribution in [0.15, 0.2) is 147 Å². The van der Waals surface area contributed by atoms with Crippen molar-refractivity contribution in [1.29, 1.82) is 0 Å². The van der Waals surface area contributed by atoms with Gasteiger partial charge in [-0.1, -0.05) is 146 Å². The van der Waals surface area contributed by atoms with E-state index in [9.17, 15) is 53.9 Å². The number of carbonyl (C=O) groups excluding carboxylic acids is 3. The minimum Gasteiger partial charge on any atom is -0.394 e. The number of allylic oxidation sites excluding steroid dienone is 7. The number of Topliss-reactive ketones (excluding diaryl/α,β-unsaturated/α-hetero) is 3. The van der Waals surface area contributed by atoms with Gasteiger partial charge in [-0.05, 0) is 60.5 Å². The average molecular weight is 1130 g/mol. The van der Waals surface area contributed by atoms with Crippen LogP contribution in [0.5, 0.6) is 0 Å². The Bertz CT molecular complexity index is 3410. The van der Waals surface area contributed by atoms with Gasteiger partial charge < -0.3 is 22.1 Å². The molecule has 0 spiro atoms. The molecular formula is C60H64F9N9O3. The van der Waals surface area contributed by atoms with E-state index in [1.807, 2.05) is 77.9 Å². The summed E-state index contributed by atoms with van der Waals surface area (Å²) in [6.45, 7) is 16.7. The number of rotatable bonds is 2. The number of aromatic amines is 2. The number of carbonyl (C=O) groups is 3. The summed E-state index contributed by atoms with van der Waals surface area (Å²) in [5.41, 5.74) is 8.71. The fraction of sp³-hybridized carbons (Fsp3) is 0.400. The number of halogens is 9. The molecule has 3 aliphatic carbocycles. The molecule has 3 unspecified atom stereocenters. The molecule has 5 heterocycles. The molecule has 0 radical (unpaired) electrons. The minimum absolute atomic E-state index is 0.0204. The number of aromatic nitrogens is 4. The Hall–Kier alpha value is -7.71. The number of ketones is 3. The minimum atomic E-state index is -4.79. The fourth-order valence-corrected chi connectivity index (χ4v) is 12.3. The van der Waals surface area contributed by atoms with Crippen LogP contribution in [0.2, 0.25) is 0 Å². The highest BCUT2D eigenvalue weighted by Crippen LogP contribution is 2.56. The van der Waals surface area contributed by atoms with E-state index in [4.69, 9.17) is 11.5 Å². The monoisotopic (exact) mass is 1130 g/mol. The summed E-state index contributed by atoms with van der Waals surface area (Å²) < 4.78 is 121. The zero-order valence-corrected chi connectivity index (χ0v) is 46.2. The molecule has 3 atom stereocenters. The Kier molecular flexibility index (Phi) is 15.4. The van der Waals surface area contributed by atoms with Gasteiger partial charge in [0, 0.05) is 70.0 Å². The topological polar surface area (TPSA) is 197 Å². The Labute approximate surface area is 462 Å². The summed E-state index contributed by atoms with van der Waals surface area (Å²) in [4.78, 5) is 42.7. The standard InChI is InChI=1S/C20H20F3N3O.C20H22F3N3O.C14H16F3N3O.C6H6/c1-18(2)9-12-14(13(27)10-18)19(3,11-7-5-4-6-8-11)15-16(20(21,22)23)25-26-17(15)24-12;1-18(2)9-12-14(13(27)10-18)19(3,11-7-5-4-6-8-11)15(17(25)26-12)16(24)20(21,22)23;1-6-9-7(4-13(2,3)5-8(9)21)18-12-10(6)11(19-20-12)14(15,16)17;1-2-4-6-5-3-1/h4-8H,9-10H2,1-3H3,(H2,24,25,26);4-8H,9-10,24H2,1-3H3,(H2,25,26);6H,4-5H2,1-3H3,(H2,18,19,20);1-6H/b;16-15+;;. The van der Waals surface area contributed by atoms with Crippen LogP contribution in [0.1, 0.15) is 140 Å². The van der Waals surface area contributed by atoms with Crippen LogP contribution >= 0.6 is 0 Å². The summed E-state index contributed by atoms with van der Waals surface area (Å²) in [6, 6.07) is 29.4. The Balaban J connectivity index is 0.000000152. The van der Waals surface area contributed by atoms with Crippen LogP contribution in [0.25, 0.3) is 0 Å². The van der Waals surface area contributed by atoms with Crippen molar-refractivity contribution in [3.05, 3.63) is 176 Å². The van der Waals surface area contributed by atoms with Gasteiger partial charge in [0.15, 0.2) is 29.0 Å². The van der Waals surface area contributed by atoms with Crippen molar-refractivity contribution in [3.8, 4) is 0 Å². The van der Waals surface area contributed by atoms with Gasteiger partial charge in [-0.15, -0.1) is 0 Å². The molecule has 8 N–H and O–H groups in total. The fourth-order valence-electron chi connectivity index (χ4n) is 12.3. The first kappa shape index (κ1) is 59.4. The number of amidine groups is 1. The van der Waals surface area contributed by atoms with Gasteiger partial charge in [-0.2, -0.15) is 49.7 Å². The second-order valence-electron chi connectivity index (χ2n) is 24.0. The molecule has 11 rings (SSSR count). The molecule has 2 aromatic heterocycles. The maximum Gasteiger partial charge on any atom is 0.433 e. The number of nitrogens with two attached hydrogens (primary N) is 2. The number of fused-ring (bicyclic) bond motifs is 2. The first-order valence-corrected chi connectivity index (χ1v) is 26.2. The van der Waals surface area contributed by atoms with Gasteiger partial charge in [0.25, 0.3) is 0 Å². The Morgan fingerprint density at radius 3 is 1.47 bits per heavy atom. The highest BCUT2D eigenvalue weighted by Gasteiger charge is 2.55. The van der Waals surface area contributed by atoms with Crippen LogP contribution in [-0.2, 0) is 37.6 Å². The predicted octanol–water partition coefficient (Wildman–Crippen LogP) is 13.8. The molecule has 21 heteroatoms. The zero-order chi connectivity index (χ0) is 59.6. The number of anilines is 2. The van der Waals surface area contributed by atoms with Crippen molar-refractivity contribution in [2.75, 3.05) is 10.6 Å². The van der Waals surface area contributed by atoms with Crippen molar-refractivity contribution in [1.82, 2.24) is 20.4 Å². The third kappa shape index (κ3) is 11.5. The summed E-state index contributed by atoms with van der Waals surface area (Å²) in [5.74, 6) is -1.01. The Morgan fingerprint density at radius 1 is 0.543 bits per heavy atom. The van der Waals surface area contributed by atoms with Crippen LogP contribution in [0.3, 0.4) is 0 Å².